The van der Waals surface area contributed by atoms with Crippen molar-refractivity contribution in [1.29, 1.82) is 0 Å². The molecular weight excluding hydrogens is 182 g/mol. The second kappa shape index (κ2) is 5.32. The minimum absolute atomic E-state index is 0.0191. The van der Waals surface area contributed by atoms with Gasteiger partial charge in [-0.2, -0.15) is 0 Å². The lowest BCUT2D eigenvalue weighted by atomic mass is 10.0. The normalized spacial score (nSPS) is 32.6. The Hall–Kier alpha value is -0.610. The molecule has 1 heterocycles. The van der Waals surface area contributed by atoms with Crippen LogP contribution >= 0.6 is 0 Å². The Morgan fingerprint density at radius 2 is 2.36 bits per heavy atom. The van der Waals surface area contributed by atoms with Crippen molar-refractivity contribution in [3.8, 4) is 0 Å². The number of amides is 1. The molecule has 0 aromatic rings. The fourth-order valence-electron chi connectivity index (χ4n) is 1.64. The van der Waals surface area contributed by atoms with Crippen molar-refractivity contribution < 1.29 is 14.6 Å². The summed E-state index contributed by atoms with van der Waals surface area (Å²) in [6.07, 6.45) is 1.29. The van der Waals surface area contributed by atoms with E-state index in [9.17, 15) is 9.90 Å². The molecule has 1 saturated heterocycles. The number of rotatable bonds is 3. The molecule has 1 amide bonds. The van der Waals surface area contributed by atoms with Crippen LogP contribution in [0.4, 0.5) is 0 Å². The quantitative estimate of drug-likeness (QED) is 0.696. The van der Waals surface area contributed by atoms with Crippen molar-refractivity contribution in [2.75, 3.05) is 6.61 Å². The van der Waals surface area contributed by atoms with Gasteiger partial charge in [-0.1, -0.05) is 6.92 Å². The van der Waals surface area contributed by atoms with E-state index in [1.807, 2.05) is 13.8 Å². The first-order valence-electron chi connectivity index (χ1n) is 5.24. The zero-order valence-corrected chi connectivity index (χ0v) is 8.82. The van der Waals surface area contributed by atoms with Crippen LogP contribution in [0.15, 0.2) is 0 Å². The van der Waals surface area contributed by atoms with E-state index < -0.39 is 6.10 Å². The van der Waals surface area contributed by atoms with Gasteiger partial charge in [0, 0.05) is 13.0 Å². The molecular formula is C10H19NO3. The summed E-state index contributed by atoms with van der Waals surface area (Å²) < 4.78 is 5.26. The van der Waals surface area contributed by atoms with Gasteiger partial charge in [-0.15, -0.1) is 0 Å². The summed E-state index contributed by atoms with van der Waals surface area (Å²) in [7, 11) is 0. The van der Waals surface area contributed by atoms with Crippen LogP contribution in [-0.4, -0.2) is 35.9 Å². The molecule has 1 rings (SSSR count). The van der Waals surface area contributed by atoms with Crippen molar-refractivity contribution >= 4 is 5.91 Å². The second-order valence-corrected chi connectivity index (χ2v) is 3.78. The highest BCUT2D eigenvalue weighted by atomic mass is 16.5. The number of aliphatic hydroxyl groups is 1. The standard InChI is InChI=1S/C10H19NO3/c1-3-4-9(12)11-8-5-6-14-7(2)10(8)13/h7-8,10,13H,3-6H2,1-2H3,(H,11,12). The SMILES string of the molecule is CCCC(=O)NC1CCOC(C)C1O. The first-order chi connectivity index (χ1) is 6.65. The van der Waals surface area contributed by atoms with Crippen molar-refractivity contribution in [3.05, 3.63) is 0 Å². The van der Waals surface area contributed by atoms with Gasteiger partial charge in [-0.3, -0.25) is 4.79 Å². The molecule has 0 aromatic carbocycles. The van der Waals surface area contributed by atoms with Crippen LogP contribution in [0.25, 0.3) is 0 Å². The Bertz CT molecular complexity index is 196. The fourth-order valence-corrected chi connectivity index (χ4v) is 1.64. The van der Waals surface area contributed by atoms with E-state index in [0.29, 0.717) is 19.4 Å². The molecule has 3 atom stereocenters. The van der Waals surface area contributed by atoms with Crippen LogP contribution < -0.4 is 5.32 Å². The van der Waals surface area contributed by atoms with E-state index in [1.54, 1.807) is 0 Å². The molecule has 3 unspecified atom stereocenters. The lowest BCUT2D eigenvalue weighted by Crippen LogP contribution is -2.52. The molecule has 0 aliphatic carbocycles. The lowest BCUT2D eigenvalue weighted by molar-refractivity contribution is -0.127. The molecule has 0 aromatic heterocycles. The van der Waals surface area contributed by atoms with E-state index in [2.05, 4.69) is 5.32 Å². The maximum Gasteiger partial charge on any atom is 0.220 e. The predicted molar refractivity (Wildman–Crippen MR) is 52.9 cm³/mol. The van der Waals surface area contributed by atoms with E-state index in [4.69, 9.17) is 4.74 Å². The first kappa shape index (κ1) is 11.5. The Balaban J connectivity index is 2.39. The molecule has 0 saturated carbocycles. The Morgan fingerprint density at radius 3 is 3.00 bits per heavy atom. The van der Waals surface area contributed by atoms with Crippen molar-refractivity contribution in [1.82, 2.24) is 5.32 Å². The van der Waals surface area contributed by atoms with Crippen LogP contribution in [0.2, 0.25) is 0 Å². The molecule has 1 aliphatic heterocycles. The van der Waals surface area contributed by atoms with Crippen molar-refractivity contribution in [2.24, 2.45) is 0 Å². The van der Waals surface area contributed by atoms with Crippen LogP contribution in [0.1, 0.15) is 33.1 Å². The summed E-state index contributed by atoms with van der Waals surface area (Å²) in [5.74, 6) is 0.0191. The number of ether oxygens (including phenoxy) is 1. The number of aliphatic hydroxyl groups excluding tert-OH is 1. The molecule has 0 radical (unpaired) electrons. The first-order valence-corrected chi connectivity index (χ1v) is 5.24. The average molecular weight is 201 g/mol. The van der Waals surface area contributed by atoms with Gasteiger partial charge in [0.05, 0.1) is 12.1 Å². The third-order valence-electron chi connectivity index (χ3n) is 2.53. The summed E-state index contributed by atoms with van der Waals surface area (Å²) >= 11 is 0. The molecule has 14 heavy (non-hydrogen) atoms. The molecule has 1 fully saturated rings. The molecule has 0 bridgehead atoms. The van der Waals surface area contributed by atoms with Gasteiger partial charge in [0.25, 0.3) is 0 Å². The smallest absolute Gasteiger partial charge is 0.220 e. The zero-order valence-electron chi connectivity index (χ0n) is 8.82. The third kappa shape index (κ3) is 2.96. The molecule has 0 spiro atoms. The number of hydrogen-bond donors (Lipinski definition) is 2. The molecule has 4 heteroatoms. The number of nitrogens with one attached hydrogen (secondary N) is 1. The highest BCUT2D eigenvalue weighted by molar-refractivity contribution is 5.76. The highest BCUT2D eigenvalue weighted by Gasteiger charge is 2.30. The van der Waals surface area contributed by atoms with Crippen molar-refractivity contribution in [3.63, 3.8) is 0 Å². The lowest BCUT2D eigenvalue weighted by Gasteiger charge is -2.33. The highest BCUT2D eigenvalue weighted by Crippen LogP contribution is 2.14. The average Bonchev–Trinajstić information content (AvgIpc) is 2.13. The summed E-state index contributed by atoms with van der Waals surface area (Å²) in [6, 6.07) is -0.141. The molecule has 82 valence electrons. The predicted octanol–water partition coefficient (Wildman–Crippen LogP) is 0.441. The largest absolute Gasteiger partial charge is 0.388 e. The Kier molecular flexibility index (Phi) is 4.35. The van der Waals surface area contributed by atoms with E-state index in [1.165, 1.54) is 0 Å². The Labute approximate surface area is 84.6 Å². The van der Waals surface area contributed by atoms with Crippen LogP contribution in [-0.2, 0) is 9.53 Å². The monoisotopic (exact) mass is 201 g/mol. The van der Waals surface area contributed by atoms with E-state index in [-0.39, 0.29) is 18.1 Å². The molecule has 2 N–H and O–H groups in total. The third-order valence-corrected chi connectivity index (χ3v) is 2.53. The van der Waals surface area contributed by atoms with Gasteiger partial charge >= 0.3 is 0 Å². The van der Waals surface area contributed by atoms with Gasteiger partial charge < -0.3 is 15.2 Å². The maximum atomic E-state index is 11.3. The Morgan fingerprint density at radius 1 is 1.64 bits per heavy atom. The second-order valence-electron chi connectivity index (χ2n) is 3.78. The van der Waals surface area contributed by atoms with E-state index in [0.717, 1.165) is 6.42 Å². The van der Waals surface area contributed by atoms with Gasteiger partial charge in [0.15, 0.2) is 0 Å². The van der Waals surface area contributed by atoms with Gasteiger partial charge in [-0.25, -0.2) is 0 Å². The van der Waals surface area contributed by atoms with Gasteiger partial charge in [0.1, 0.15) is 6.10 Å². The summed E-state index contributed by atoms with van der Waals surface area (Å²) in [4.78, 5) is 11.3. The minimum Gasteiger partial charge on any atom is -0.388 e. The molecule has 4 nitrogen and oxygen atoms in total. The minimum atomic E-state index is -0.579. The van der Waals surface area contributed by atoms with Gasteiger partial charge in [-0.05, 0) is 19.8 Å². The van der Waals surface area contributed by atoms with Crippen LogP contribution in [0, 0.1) is 0 Å². The number of carbonyl (C=O) groups is 1. The number of carbonyl (C=O) groups excluding carboxylic acids is 1. The van der Waals surface area contributed by atoms with Gasteiger partial charge in [0.2, 0.25) is 5.91 Å². The van der Waals surface area contributed by atoms with Crippen molar-refractivity contribution in [2.45, 2.75) is 51.4 Å². The van der Waals surface area contributed by atoms with E-state index >= 15 is 0 Å². The van der Waals surface area contributed by atoms with Crippen LogP contribution in [0.5, 0.6) is 0 Å². The summed E-state index contributed by atoms with van der Waals surface area (Å²) in [5, 5.41) is 12.5. The fraction of sp³-hybridized carbons (Fsp3) is 0.900. The number of hydrogen-bond acceptors (Lipinski definition) is 3. The zero-order chi connectivity index (χ0) is 10.6. The van der Waals surface area contributed by atoms with Crippen LogP contribution in [0.3, 0.4) is 0 Å². The summed E-state index contributed by atoms with van der Waals surface area (Å²) in [6.45, 7) is 4.39. The maximum absolute atomic E-state index is 11.3. The topological polar surface area (TPSA) is 58.6 Å². The molecule has 1 aliphatic rings. The summed E-state index contributed by atoms with van der Waals surface area (Å²) in [5.41, 5.74) is 0.